The predicted octanol–water partition coefficient (Wildman–Crippen LogP) is 4.69. The maximum Gasteiger partial charge on any atom is 0.0448 e. The van der Waals surface area contributed by atoms with Gasteiger partial charge in [-0.2, -0.15) is 0 Å². The van der Waals surface area contributed by atoms with Gasteiger partial charge in [0.1, 0.15) is 0 Å². The lowest BCUT2D eigenvalue weighted by molar-refractivity contribution is 0.205. The molecule has 0 radical (unpaired) electrons. The Balaban J connectivity index is 2.57. The smallest absolute Gasteiger partial charge is 0.0448 e. The second-order valence-corrected chi connectivity index (χ2v) is 11.6. The third-order valence-corrected chi connectivity index (χ3v) is 5.38. The molecule has 1 rings (SSSR count). The van der Waals surface area contributed by atoms with Gasteiger partial charge in [-0.05, 0) is 18.3 Å². The molecule has 0 spiro atoms. The summed E-state index contributed by atoms with van der Waals surface area (Å²) < 4.78 is 0. The Bertz CT molecular complexity index is 149. The molecule has 1 fully saturated rings. The fourth-order valence-electron chi connectivity index (χ4n) is 3.08. The van der Waals surface area contributed by atoms with Crippen molar-refractivity contribution in [3.8, 4) is 0 Å². The summed E-state index contributed by atoms with van der Waals surface area (Å²) in [5.41, 5.74) is 0.767. The molecule has 0 amide bonds. The summed E-state index contributed by atoms with van der Waals surface area (Å²) in [6, 6.07) is 1.57. The third-order valence-electron chi connectivity index (χ3n) is 3.57. The van der Waals surface area contributed by atoms with Gasteiger partial charge in [0.2, 0.25) is 0 Å². The maximum absolute atomic E-state index is 2.53. The lowest BCUT2D eigenvalue weighted by Crippen LogP contribution is -2.33. The van der Waals surface area contributed by atoms with E-state index in [4.69, 9.17) is 0 Å². The summed E-state index contributed by atoms with van der Waals surface area (Å²) >= 11 is 0. The number of rotatable bonds is 3. The Morgan fingerprint density at radius 2 is 1.54 bits per heavy atom. The van der Waals surface area contributed by atoms with E-state index in [2.05, 4.69) is 26.6 Å². The summed E-state index contributed by atoms with van der Waals surface area (Å²) in [7, 11) is -0.838. The fourth-order valence-corrected chi connectivity index (χ4v) is 5.94. The molecule has 0 N–H and O–H groups in total. The molecule has 1 heteroatoms. The van der Waals surface area contributed by atoms with E-state index in [-0.39, 0.29) is 0 Å². The second kappa shape index (κ2) is 4.16. The molecule has 0 bridgehead atoms. The van der Waals surface area contributed by atoms with Crippen LogP contribution in [0.4, 0.5) is 0 Å². The molecule has 0 aliphatic heterocycles. The zero-order valence-corrected chi connectivity index (χ0v) is 10.9. The molecule has 0 nitrogen and oxygen atoms in total. The van der Waals surface area contributed by atoms with Crippen LogP contribution in [-0.2, 0) is 0 Å². The van der Waals surface area contributed by atoms with Crippen LogP contribution in [0.15, 0.2) is 0 Å². The Hall–Kier alpha value is 0.217. The first kappa shape index (κ1) is 11.3. The van der Waals surface area contributed by atoms with E-state index in [0.717, 1.165) is 5.41 Å². The monoisotopic (exact) mass is 198 g/mol. The Kier molecular flexibility index (Phi) is 3.62. The first-order chi connectivity index (χ1) is 5.97. The van der Waals surface area contributed by atoms with E-state index in [0.29, 0.717) is 0 Å². The highest BCUT2D eigenvalue weighted by Crippen LogP contribution is 2.45. The fraction of sp³-hybridized carbons (Fsp3) is 1.00. The van der Waals surface area contributed by atoms with Crippen molar-refractivity contribution in [2.24, 2.45) is 5.41 Å². The molecule has 1 aliphatic rings. The minimum atomic E-state index is -0.838. The largest absolute Gasteiger partial charge is 0.0695 e. The first-order valence-corrected chi connectivity index (χ1v) is 9.68. The molecule has 13 heavy (non-hydrogen) atoms. The molecule has 0 saturated heterocycles. The van der Waals surface area contributed by atoms with Crippen molar-refractivity contribution >= 4 is 8.07 Å². The van der Waals surface area contributed by atoms with Gasteiger partial charge in [0.15, 0.2) is 0 Å². The highest BCUT2D eigenvalue weighted by molar-refractivity contribution is 6.76. The minimum Gasteiger partial charge on any atom is -0.0695 e. The van der Waals surface area contributed by atoms with Crippen LogP contribution in [0.25, 0.3) is 0 Å². The standard InChI is InChI=1S/C12H26Si/c1-5-12(11-13(2,3)4)9-7-6-8-10-12/h5-11H2,1-4H3. The van der Waals surface area contributed by atoms with Crippen LogP contribution in [0.3, 0.4) is 0 Å². The average Bonchev–Trinajstić information content (AvgIpc) is 2.03. The summed E-state index contributed by atoms with van der Waals surface area (Å²) in [4.78, 5) is 0. The molecule has 78 valence electrons. The zero-order chi connectivity index (χ0) is 9.95. The van der Waals surface area contributed by atoms with Crippen molar-refractivity contribution in [3.63, 3.8) is 0 Å². The zero-order valence-electron chi connectivity index (χ0n) is 9.95. The summed E-state index contributed by atoms with van der Waals surface area (Å²) in [5.74, 6) is 0. The van der Waals surface area contributed by atoms with Gasteiger partial charge in [0, 0.05) is 8.07 Å². The average molecular weight is 198 g/mol. The SMILES string of the molecule is CCC1(C[Si](C)(C)C)CCCCC1. The van der Waals surface area contributed by atoms with E-state index >= 15 is 0 Å². The Morgan fingerprint density at radius 3 is 1.92 bits per heavy atom. The van der Waals surface area contributed by atoms with E-state index in [9.17, 15) is 0 Å². The highest BCUT2D eigenvalue weighted by Gasteiger charge is 2.34. The molecule has 0 aromatic heterocycles. The van der Waals surface area contributed by atoms with Gasteiger partial charge < -0.3 is 0 Å². The summed E-state index contributed by atoms with van der Waals surface area (Å²) in [6.45, 7) is 9.99. The lowest BCUT2D eigenvalue weighted by Gasteiger charge is -2.40. The minimum absolute atomic E-state index is 0.767. The lowest BCUT2D eigenvalue weighted by atomic mass is 9.74. The molecule has 0 atom stereocenters. The van der Waals surface area contributed by atoms with Crippen LogP contribution in [-0.4, -0.2) is 8.07 Å². The van der Waals surface area contributed by atoms with Crippen LogP contribution < -0.4 is 0 Å². The van der Waals surface area contributed by atoms with Crippen molar-refractivity contribution in [2.75, 3.05) is 0 Å². The number of hydrogen-bond donors (Lipinski definition) is 0. The van der Waals surface area contributed by atoms with Gasteiger partial charge in [-0.25, -0.2) is 0 Å². The van der Waals surface area contributed by atoms with Crippen molar-refractivity contribution in [2.45, 2.75) is 71.1 Å². The van der Waals surface area contributed by atoms with Crippen molar-refractivity contribution < 1.29 is 0 Å². The molecule has 1 saturated carbocycles. The molecule has 0 aromatic carbocycles. The third kappa shape index (κ3) is 3.45. The van der Waals surface area contributed by atoms with Crippen molar-refractivity contribution in [3.05, 3.63) is 0 Å². The Labute approximate surface area is 85.1 Å². The van der Waals surface area contributed by atoms with Gasteiger partial charge in [0.05, 0.1) is 0 Å². The van der Waals surface area contributed by atoms with Crippen LogP contribution in [0, 0.1) is 5.41 Å². The van der Waals surface area contributed by atoms with Crippen LogP contribution in [0.5, 0.6) is 0 Å². The maximum atomic E-state index is 2.53. The Morgan fingerprint density at radius 1 is 1.00 bits per heavy atom. The number of hydrogen-bond acceptors (Lipinski definition) is 0. The van der Waals surface area contributed by atoms with Crippen LogP contribution >= 0.6 is 0 Å². The van der Waals surface area contributed by atoms with Gasteiger partial charge in [-0.3, -0.25) is 0 Å². The summed E-state index contributed by atoms with van der Waals surface area (Å²) in [6.07, 6.45) is 8.96. The van der Waals surface area contributed by atoms with Gasteiger partial charge >= 0.3 is 0 Å². The molecule has 0 unspecified atom stereocenters. The van der Waals surface area contributed by atoms with E-state index < -0.39 is 8.07 Å². The second-order valence-electron chi connectivity index (χ2n) is 6.15. The quantitative estimate of drug-likeness (QED) is 0.577. The molecular weight excluding hydrogens is 172 g/mol. The topological polar surface area (TPSA) is 0 Å². The van der Waals surface area contributed by atoms with E-state index in [1.54, 1.807) is 6.04 Å². The predicted molar refractivity (Wildman–Crippen MR) is 64.0 cm³/mol. The van der Waals surface area contributed by atoms with E-state index in [1.807, 2.05) is 0 Å². The van der Waals surface area contributed by atoms with Crippen LogP contribution in [0.2, 0.25) is 25.7 Å². The summed E-state index contributed by atoms with van der Waals surface area (Å²) in [5, 5.41) is 0. The molecule has 1 aliphatic carbocycles. The first-order valence-electron chi connectivity index (χ1n) is 5.97. The van der Waals surface area contributed by atoms with E-state index in [1.165, 1.54) is 38.5 Å². The van der Waals surface area contributed by atoms with Gasteiger partial charge in [0.25, 0.3) is 0 Å². The highest BCUT2D eigenvalue weighted by atomic mass is 28.3. The van der Waals surface area contributed by atoms with Crippen molar-refractivity contribution in [1.82, 2.24) is 0 Å². The molecule has 0 heterocycles. The molecular formula is C12H26Si. The van der Waals surface area contributed by atoms with Crippen molar-refractivity contribution in [1.29, 1.82) is 0 Å². The van der Waals surface area contributed by atoms with Crippen LogP contribution in [0.1, 0.15) is 45.4 Å². The van der Waals surface area contributed by atoms with Gasteiger partial charge in [-0.1, -0.05) is 58.3 Å². The normalized spacial score (nSPS) is 23.1. The molecule has 0 aromatic rings. The van der Waals surface area contributed by atoms with Gasteiger partial charge in [-0.15, -0.1) is 0 Å².